The average Bonchev–Trinajstić information content (AvgIpc) is 2.87. The predicted molar refractivity (Wildman–Crippen MR) is 145 cm³/mol. The maximum absolute atomic E-state index is 11.5. The lowest BCUT2D eigenvalue weighted by Crippen LogP contribution is -2.09. The van der Waals surface area contributed by atoms with Gasteiger partial charge in [-0.1, -0.05) is 30.3 Å². The lowest BCUT2D eigenvalue weighted by atomic mass is 9.96. The van der Waals surface area contributed by atoms with Gasteiger partial charge >= 0.3 is 0 Å². The van der Waals surface area contributed by atoms with Crippen LogP contribution in [0.3, 0.4) is 0 Å². The number of phenols is 3. The summed E-state index contributed by atoms with van der Waals surface area (Å²) in [7, 11) is -0.512. The Morgan fingerprint density at radius 3 is 2.16 bits per heavy atom. The van der Waals surface area contributed by atoms with Gasteiger partial charge in [-0.05, 0) is 59.2 Å². The standard InChI is InChI=1S/C28H27NO8S/c1-35-25-15-22(18-7-10-21(30)11-8-18)28(36-2)27(32)26(25)19-9-12-24(23(31)14-19)37-16-17-5-4-6-20(13-17)29-38(3,33)34/h4-15,29-32H,16H2,1-3H3. The van der Waals surface area contributed by atoms with Crippen molar-refractivity contribution in [2.24, 2.45) is 0 Å². The highest BCUT2D eigenvalue weighted by Crippen LogP contribution is 2.50. The van der Waals surface area contributed by atoms with Gasteiger partial charge in [-0.3, -0.25) is 4.72 Å². The van der Waals surface area contributed by atoms with Gasteiger partial charge in [0.15, 0.2) is 23.0 Å². The fourth-order valence-electron chi connectivity index (χ4n) is 4.02. The van der Waals surface area contributed by atoms with Crippen LogP contribution < -0.4 is 18.9 Å². The Labute approximate surface area is 220 Å². The van der Waals surface area contributed by atoms with E-state index in [2.05, 4.69) is 4.72 Å². The Morgan fingerprint density at radius 1 is 0.816 bits per heavy atom. The molecule has 38 heavy (non-hydrogen) atoms. The minimum absolute atomic E-state index is 0.0793. The molecule has 9 nitrogen and oxygen atoms in total. The summed E-state index contributed by atoms with van der Waals surface area (Å²) in [5.41, 5.74) is 3.12. The van der Waals surface area contributed by atoms with Crippen LogP contribution in [0.2, 0.25) is 0 Å². The van der Waals surface area contributed by atoms with Gasteiger partial charge in [0, 0.05) is 11.3 Å². The molecule has 4 N–H and O–H groups in total. The highest BCUT2D eigenvalue weighted by molar-refractivity contribution is 7.92. The molecule has 0 spiro atoms. The normalized spacial score (nSPS) is 11.1. The molecule has 0 aliphatic heterocycles. The van der Waals surface area contributed by atoms with Gasteiger partial charge in [-0.2, -0.15) is 0 Å². The van der Waals surface area contributed by atoms with Crippen LogP contribution in [0.4, 0.5) is 5.69 Å². The molecule has 0 bridgehead atoms. The van der Waals surface area contributed by atoms with E-state index >= 15 is 0 Å². The number of anilines is 1. The number of hydrogen-bond acceptors (Lipinski definition) is 8. The van der Waals surface area contributed by atoms with Crippen LogP contribution in [0.5, 0.6) is 34.5 Å². The minimum atomic E-state index is -3.41. The van der Waals surface area contributed by atoms with Gasteiger partial charge in [0.1, 0.15) is 18.1 Å². The first-order valence-corrected chi connectivity index (χ1v) is 13.3. The second kappa shape index (κ2) is 10.8. The van der Waals surface area contributed by atoms with Crippen LogP contribution >= 0.6 is 0 Å². The lowest BCUT2D eigenvalue weighted by Gasteiger charge is -2.18. The first kappa shape index (κ1) is 26.5. The summed E-state index contributed by atoms with van der Waals surface area (Å²) < 4.78 is 42.2. The van der Waals surface area contributed by atoms with E-state index in [0.29, 0.717) is 39.3 Å². The van der Waals surface area contributed by atoms with Crippen molar-refractivity contribution in [2.45, 2.75) is 6.61 Å². The molecule has 0 aromatic heterocycles. The molecule has 0 fully saturated rings. The van der Waals surface area contributed by atoms with E-state index in [1.165, 1.54) is 32.4 Å². The molecule has 0 radical (unpaired) electrons. The summed E-state index contributed by atoms with van der Waals surface area (Å²) in [6.07, 6.45) is 1.07. The van der Waals surface area contributed by atoms with Crippen LogP contribution in [0, 0.1) is 0 Å². The zero-order valence-corrected chi connectivity index (χ0v) is 21.7. The highest BCUT2D eigenvalue weighted by Gasteiger charge is 2.22. The molecule has 0 atom stereocenters. The summed E-state index contributed by atoms with van der Waals surface area (Å²) in [5.74, 6) is 0.496. The summed E-state index contributed by atoms with van der Waals surface area (Å²) in [5, 5.41) is 31.5. The molecule has 198 valence electrons. The third-order valence-corrected chi connectivity index (χ3v) is 6.30. The van der Waals surface area contributed by atoms with Gasteiger partial charge in [0.2, 0.25) is 10.0 Å². The summed E-state index contributed by atoms with van der Waals surface area (Å²) >= 11 is 0. The Balaban J connectivity index is 1.63. The number of methoxy groups -OCH3 is 2. The predicted octanol–water partition coefficient (Wildman–Crippen LogP) is 5.11. The number of aromatic hydroxyl groups is 3. The van der Waals surface area contributed by atoms with Crippen LogP contribution in [-0.2, 0) is 16.6 Å². The second-order valence-corrected chi connectivity index (χ2v) is 10.2. The number of rotatable bonds is 9. The number of phenolic OH excluding ortho intramolecular Hbond substituents is 3. The number of hydrogen-bond donors (Lipinski definition) is 4. The monoisotopic (exact) mass is 537 g/mol. The molecule has 10 heteroatoms. The van der Waals surface area contributed by atoms with Gasteiger partial charge in [0.05, 0.1) is 26.0 Å². The van der Waals surface area contributed by atoms with Gasteiger partial charge in [-0.15, -0.1) is 0 Å². The van der Waals surface area contributed by atoms with E-state index in [4.69, 9.17) is 14.2 Å². The van der Waals surface area contributed by atoms with E-state index in [1.54, 1.807) is 54.6 Å². The molecule has 0 saturated carbocycles. The first-order chi connectivity index (χ1) is 18.1. The molecular weight excluding hydrogens is 510 g/mol. The topological polar surface area (TPSA) is 135 Å². The fourth-order valence-corrected chi connectivity index (χ4v) is 4.58. The largest absolute Gasteiger partial charge is 0.508 e. The zero-order chi connectivity index (χ0) is 27.4. The number of benzene rings is 4. The second-order valence-electron chi connectivity index (χ2n) is 8.48. The molecule has 4 aromatic rings. The maximum Gasteiger partial charge on any atom is 0.229 e. The van der Waals surface area contributed by atoms with Crippen molar-refractivity contribution >= 4 is 15.7 Å². The molecule has 0 aliphatic rings. The van der Waals surface area contributed by atoms with Crippen molar-refractivity contribution in [2.75, 3.05) is 25.2 Å². The molecular formula is C28H27NO8S. The van der Waals surface area contributed by atoms with E-state index in [1.807, 2.05) is 0 Å². The third-order valence-electron chi connectivity index (χ3n) is 5.69. The van der Waals surface area contributed by atoms with Crippen LogP contribution in [0.1, 0.15) is 5.56 Å². The summed E-state index contributed by atoms with van der Waals surface area (Å²) in [6, 6.07) is 19.5. The molecule has 0 aliphatic carbocycles. The first-order valence-electron chi connectivity index (χ1n) is 11.4. The van der Waals surface area contributed by atoms with Crippen LogP contribution in [-0.4, -0.2) is 44.2 Å². The molecule has 0 heterocycles. The zero-order valence-electron chi connectivity index (χ0n) is 20.9. The van der Waals surface area contributed by atoms with Crippen molar-refractivity contribution in [3.8, 4) is 56.8 Å². The Bertz CT molecular complexity index is 1570. The fraction of sp³-hybridized carbons (Fsp3) is 0.143. The molecule has 4 aromatic carbocycles. The Morgan fingerprint density at radius 2 is 1.53 bits per heavy atom. The Kier molecular flexibility index (Phi) is 7.54. The van der Waals surface area contributed by atoms with Crippen LogP contribution in [0.25, 0.3) is 22.3 Å². The molecule has 4 rings (SSSR count). The third kappa shape index (κ3) is 5.87. The summed E-state index contributed by atoms with van der Waals surface area (Å²) in [4.78, 5) is 0. The smallest absolute Gasteiger partial charge is 0.229 e. The van der Waals surface area contributed by atoms with Crippen LogP contribution in [0.15, 0.2) is 72.8 Å². The van der Waals surface area contributed by atoms with E-state index in [0.717, 1.165) is 6.26 Å². The minimum Gasteiger partial charge on any atom is -0.508 e. The van der Waals surface area contributed by atoms with Gasteiger partial charge < -0.3 is 29.5 Å². The van der Waals surface area contributed by atoms with Crippen molar-refractivity contribution in [1.29, 1.82) is 0 Å². The molecule has 0 unspecified atom stereocenters. The van der Waals surface area contributed by atoms with Gasteiger partial charge in [0.25, 0.3) is 0 Å². The average molecular weight is 538 g/mol. The summed E-state index contributed by atoms with van der Waals surface area (Å²) in [6.45, 7) is 0.0793. The lowest BCUT2D eigenvalue weighted by molar-refractivity contribution is 0.289. The van der Waals surface area contributed by atoms with Crippen molar-refractivity contribution in [3.05, 3.63) is 78.4 Å². The van der Waals surface area contributed by atoms with Crippen molar-refractivity contribution in [1.82, 2.24) is 0 Å². The highest BCUT2D eigenvalue weighted by atomic mass is 32.2. The van der Waals surface area contributed by atoms with E-state index in [-0.39, 0.29) is 35.4 Å². The molecule has 0 saturated heterocycles. The molecule has 0 amide bonds. The quantitative estimate of drug-likeness (QED) is 0.232. The maximum atomic E-state index is 11.5. The van der Waals surface area contributed by atoms with Crippen molar-refractivity contribution < 1.29 is 37.9 Å². The SMILES string of the molecule is COc1cc(-c2ccc(O)cc2)c(OC)c(O)c1-c1ccc(OCc2cccc(NS(C)(=O)=O)c2)c(O)c1. The van der Waals surface area contributed by atoms with Gasteiger partial charge in [-0.25, -0.2) is 8.42 Å². The van der Waals surface area contributed by atoms with E-state index < -0.39 is 10.0 Å². The van der Waals surface area contributed by atoms with Crippen molar-refractivity contribution in [3.63, 3.8) is 0 Å². The Hall–Kier alpha value is -4.57. The number of sulfonamides is 1. The number of ether oxygens (including phenoxy) is 3. The number of nitrogens with one attached hydrogen (secondary N) is 1. The van der Waals surface area contributed by atoms with E-state index in [9.17, 15) is 23.7 Å².